The number of alkyl halides is 17. The molecule has 0 aliphatic carbocycles. The Morgan fingerprint density at radius 2 is 1.04 bits per heavy atom. The van der Waals surface area contributed by atoms with Gasteiger partial charge in [-0.3, -0.25) is 0 Å². The zero-order valence-corrected chi connectivity index (χ0v) is 27.6. The van der Waals surface area contributed by atoms with Crippen LogP contribution in [0.1, 0.15) is 33.6 Å². The third-order valence-corrected chi connectivity index (χ3v) is 10.2. The Bertz CT molecular complexity index is 1720. The highest BCUT2D eigenvalue weighted by molar-refractivity contribution is 7.97. The van der Waals surface area contributed by atoms with Crippen LogP contribution in [0.25, 0.3) is 10.8 Å². The van der Waals surface area contributed by atoms with E-state index in [-0.39, 0.29) is 0 Å². The van der Waals surface area contributed by atoms with Gasteiger partial charge < -0.3 is 14.0 Å². The van der Waals surface area contributed by atoms with Gasteiger partial charge in [-0.15, -0.1) is 0 Å². The van der Waals surface area contributed by atoms with E-state index in [0.717, 1.165) is 5.39 Å². The van der Waals surface area contributed by atoms with Crippen molar-refractivity contribution in [2.75, 3.05) is 11.5 Å². The third kappa shape index (κ3) is 7.80. The van der Waals surface area contributed by atoms with Crippen molar-refractivity contribution in [3.8, 4) is 5.75 Å². The molecular formula is C27H23F17O6S2. The molecule has 3 rings (SSSR count). The number of carbonyl (C=O) groups excluding carboxylic acids is 1. The summed E-state index contributed by atoms with van der Waals surface area (Å²) < 4.78 is 255. The lowest BCUT2D eigenvalue weighted by Crippen LogP contribution is -2.75. The zero-order valence-electron chi connectivity index (χ0n) is 26.0. The van der Waals surface area contributed by atoms with E-state index in [1.54, 1.807) is 0 Å². The van der Waals surface area contributed by atoms with Gasteiger partial charge in [-0.25, -0.2) is 13.2 Å². The highest BCUT2D eigenvalue weighted by Crippen LogP contribution is 2.64. The average molecular weight is 831 g/mol. The molecule has 0 bridgehead atoms. The lowest BCUT2D eigenvalue weighted by atomic mass is 9.91. The van der Waals surface area contributed by atoms with Gasteiger partial charge in [-0.1, -0.05) is 18.2 Å². The molecule has 2 aromatic rings. The topological polar surface area (TPSA) is 92.7 Å². The van der Waals surface area contributed by atoms with Gasteiger partial charge in [0, 0.05) is 21.7 Å². The molecule has 25 heteroatoms. The first-order chi connectivity index (χ1) is 22.9. The molecule has 0 N–H and O–H groups in total. The van der Waals surface area contributed by atoms with Crippen molar-refractivity contribution in [3.63, 3.8) is 0 Å². The summed E-state index contributed by atoms with van der Waals surface area (Å²) in [6, 6.07) is 12.2. The van der Waals surface area contributed by atoms with Crippen molar-refractivity contribution >= 4 is 37.9 Å². The van der Waals surface area contributed by atoms with Crippen LogP contribution in [0.4, 0.5) is 79.4 Å². The number of benzene rings is 2. The van der Waals surface area contributed by atoms with Gasteiger partial charge in [0.15, 0.2) is 15.0 Å². The van der Waals surface area contributed by atoms with Crippen molar-refractivity contribution in [1.29, 1.82) is 0 Å². The first-order valence-corrected chi connectivity index (χ1v) is 16.7. The minimum atomic E-state index is -8.92. The van der Waals surface area contributed by atoms with E-state index in [9.17, 15) is 92.4 Å². The number of rotatable bonds is 9. The monoisotopic (exact) mass is 830 g/mol. The molecule has 0 spiro atoms. The normalized spacial score (nSPS) is 16.4. The summed E-state index contributed by atoms with van der Waals surface area (Å²) in [7, 11) is -7.82. The summed E-state index contributed by atoms with van der Waals surface area (Å²) in [4.78, 5) is 13.4. The van der Waals surface area contributed by atoms with Crippen molar-refractivity contribution in [2.45, 2.75) is 91.1 Å². The summed E-state index contributed by atoms with van der Waals surface area (Å²) in [6.07, 6.45) is -5.92. The van der Waals surface area contributed by atoms with Crippen LogP contribution in [0, 0.1) is 0 Å². The van der Waals surface area contributed by atoms with Gasteiger partial charge in [0.25, 0.3) is 0 Å². The smallest absolute Gasteiger partial charge is 0.514 e. The predicted molar refractivity (Wildman–Crippen MR) is 146 cm³/mol. The maximum atomic E-state index is 13.0. The molecule has 1 heterocycles. The molecule has 0 saturated carbocycles. The summed E-state index contributed by atoms with van der Waals surface area (Å²) in [5.41, 5.74) is -0.557. The van der Waals surface area contributed by atoms with Crippen LogP contribution in [0.2, 0.25) is 0 Å². The Hall–Kier alpha value is -2.96. The molecule has 52 heavy (non-hydrogen) atoms. The van der Waals surface area contributed by atoms with Crippen LogP contribution in [-0.2, 0) is 25.7 Å². The van der Waals surface area contributed by atoms with Crippen LogP contribution < -0.4 is 4.74 Å². The summed E-state index contributed by atoms with van der Waals surface area (Å²) in [6.45, 7) is 5.49. The molecule has 0 radical (unpaired) electrons. The van der Waals surface area contributed by atoms with Crippen LogP contribution >= 0.6 is 0 Å². The Labute approximate surface area is 284 Å². The molecule has 0 aromatic heterocycles. The van der Waals surface area contributed by atoms with Crippen LogP contribution in [-0.4, -0.2) is 83.2 Å². The van der Waals surface area contributed by atoms with Gasteiger partial charge in [0.2, 0.25) is 0 Å². The van der Waals surface area contributed by atoms with Gasteiger partial charge >= 0.3 is 53.1 Å². The van der Waals surface area contributed by atoms with E-state index in [0.29, 0.717) is 16.6 Å². The molecule has 298 valence electrons. The van der Waals surface area contributed by atoms with Gasteiger partial charge in [-0.2, -0.15) is 74.6 Å². The molecule has 0 amide bonds. The highest BCUT2D eigenvalue weighted by atomic mass is 32.2. The maximum Gasteiger partial charge on any atom is 0.514 e. The van der Waals surface area contributed by atoms with Gasteiger partial charge in [-0.05, 0) is 51.8 Å². The van der Waals surface area contributed by atoms with Crippen molar-refractivity contribution in [3.05, 3.63) is 36.4 Å². The number of hydrogen-bond donors (Lipinski definition) is 0. The second-order valence-electron chi connectivity index (χ2n) is 11.7. The molecule has 6 nitrogen and oxygen atoms in total. The Balaban J connectivity index is 0.000000367. The van der Waals surface area contributed by atoms with Crippen LogP contribution in [0.3, 0.4) is 0 Å². The fraction of sp³-hybridized carbons (Fsp3) is 0.593. The van der Waals surface area contributed by atoms with E-state index in [2.05, 4.69) is 12.1 Å². The molecule has 1 saturated heterocycles. The average Bonchev–Trinajstić information content (AvgIpc) is 3.50. The highest BCUT2D eigenvalue weighted by Gasteiger charge is 2.95. The maximum absolute atomic E-state index is 13.0. The Morgan fingerprint density at radius 3 is 1.44 bits per heavy atom. The summed E-state index contributed by atoms with van der Waals surface area (Å²) >= 11 is 0. The minimum absolute atomic E-state index is 0.326. The number of halogens is 17. The molecular weight excluding hydrogens is 807 g/mol. The quantitative estimate of drug-likeness (QED) is 0.0823. The predicted octanol–water partition coefficient (Wildman–Crippen LogP) is 9.42. The third-order valence-electron chi connectivity index (χ3n) is 6.78. The molecule has 2 aromatic carbocycles. The largest absolute Gasteiger partial charge is 0.743 e. The van der Waals surface area contributed by atoms with Crippen molar-refractivity contribution in [2.24, 2.45) is 0 Å². The van der Waals surface area contributed by atoms with E-state index < -0.39 is 68.8 Å². The standard InChI is InChI=1S/C19H23O3S.C8HF17O3S/c1-19(2,3)22-18(20)21-16-10-11-17(23-12-6-7-13-23)15-9-5-4-8-14(15)16;9-1(10,3(13,14)5(17,18)7(21,22)23)2(11,12)4(15,16)6(19,20)8(24,25)29(26,27)28/h4-5,8-11H,6-7,12-13H2,1-3H3;(H,26,27,28)/q+1;/p-1. The lowest BCUT2D eigenvalue weighted by molar-refractivity contribution is -0.458. The fourth-order valence-corrected chi connectivity index (χ4v) is 7.07. The van der Waals surface area contributed by atoms with Crippen LogP contribution in [0.5, 0.6) is 5.75 Å². The number of carbonyl (C=O) groups is 1. The van der Waals surface area contributed by atoms with Crippen molar-refractivity contribution < 1.29 is 102 Å². The fourth-order valence-electron chi connectivity index (χ4n) is 4.13. The molecule has 1 aliphatic heterocycles. The number of ether oxygens (including phenoxy) is 2. The summed E-state index contributed by atoms with van der Waals surface area (Å²) in [5.74, 6) is -49.0. The van der Waals surface area contributed by atoms with Crippen LogP contribution in [0.15, 0.2) is 41.3 Å². The van der Waals surface area contributed by atoms with E-state index >= 15 is 0 Å². The van der Waals surface area contributed by atoms with E-state index in [1.807, 2.05) is 45.0 Å². The summed E-state index contributed by atoms with van der Waals surface area (Å²) in [5, 5.41) is -5.78. The van der Waals surface area contributed by atoms with E-state index in [4.69, 9.17) is 9.47 Å². The molecule has 0 unspecified atom stereocenters. The first-order valence-electron chi connectivity index (χ1n) is 13.7. The van der Waals surface area contributed by atoms with E-state index in [1.165, 1.54) is 34.6 Å². The molecule has 1 aliphatic rings. The molecule has 0 atom stereocenters. The van der Waals surface area contributed by atoms with Gasteiger partial charge in [0.05, 0.1) is 0 Å². The number of fused-ring (bicyclic) bond motifs is 1. The zero-order chi connectivity index (χ0) is 40.9. The Kier molecular flexibility index (Phi) is 12.2. The first kappa shape index (κ1) is 45.2. The lowest BCUT2D eigenvalue weighted by Gasteiger charge is -2.42. The number of hydrogen-bond acceptors (Lipinski definition) is 6. The molecule has 1 fully saturated rings. The SMILES string of the molecule is CC(C)(C)OC(=O)Oc1ccc([S+]2CCCC2)c2ccccc12.O=S(=O)([O-])C(F)(F)C(F)(F)C(F)(F)C(F)(F)C(F)(F)C(F)(F)C(F)(F)C(F)(F)F. The van der Waals surface area contributed by atoms with Gasteiger partial charge in [0.1, 0.15) is 22.9 Å². The second-order valence-corrected chi connectivity index (χ2v) is 15.4. The Morgan fingerprint density at radius 1 is 0.635 bits per heavy atom. The second kappa shape index (κ2) is 14.0. The minimum Gasteiger partial charge on any atom is -0.743 e. The van der Waals surface area contributed by atoms with Crippen molar-refractivity contribution in [1.82, 2.24) is 0 Å².